The molecule has 1 aromatic carbocycles. The van der Waals surface area contributed by atoms with Crippen LogP contribution in [0.5, 0.6) is 0 Å². The van der Waals surface area contributed by atoms with Gasteiger partial charge in [0.15, 0.2) is 11.5 Å². The fraction of sp³-hybridized carbons (Fsp3) is 0.300. The van der Waals surface area contributed by atoms with Crippen LogP contribution in [0.1, 0.15) is 30.1 Å². The molecule has 0 heterocycles. The van der Waals surface area contributed by atoms with E-state index in [1.165, 1.54) is 6.08 Å². The molecule has 0 radical (unpaired) electrons. The number of ketones is 1. The third-order valence-corrected chi connectivity index (χ3v) is 4.09. The summed E-state index contributed by atoms with van der Waals surface area (Å²) < 4.78 is 5.52. The first-order valence-electron chi connectivity index (χ1n) is 8.16. The Morgan fingerprint density at radius 2 is 1.96 bits per heavy atom. The van der Waals surface area contributed by atoms with Crippen LogP contribution in [0.15, 0.2) is 66.0 Å². The number of hydrogen-bond acceptors (Lipinski definition) is 5. The summed E-state index contributed by atoms with van der Waals surface area (Å²) in [5.74, 6) is -0.419. The molecule has 5 heteroatoms. The number of aliphatic hydroxyl groups excluding tert-OH is 1. The van der Waals surface area contributed by atoms with Gasteiger partial charge in [-0.25, -0.2) is 0 Å². The molecule has 1 atom stereocenters. The van der Waals surface area contributed by atoms with E-state index < -0.39 is 5.72 Å². The lowest BCUT2D eigenvalue weighted by Gasteiger charge is -2.38. The molecule has 0 saturated heterocycles. The highest BCUT2D eigenvalue weighted by atomic mass is 16.6. The van der Waals surface area contributed by atoms with Crippen LogP contribution in [0.4, 0.5) is 0 Å². The molecule has 5 nitrogen and oxygen atoms in total. The van der Waals surface area contributed by atoms with Crippen LogP contribution in [-0.4, -0.2) is 41.6 Å². The molecule has 0 spiro atoms. The predicted octanol–water partition coefficient (Wildman–Crippen LogP) is 3.41. The number of benzene rings is 1. The number of allylic oxidation sites excluding steroid dienone is 4. The van der Waals surface area contributed by atoms with E-state index in [9.17, 15) is 14.7 Å². The average Bonchev–Trinajstić information content (AvgIpc) is 2.61. The van der Waals surface area contributed by atoms with E-state index in [2.05, 4.69) is 0 Å². The maximum Gasteiger partial charge on any atom is 0.307 e. The molecular weight excluding hydrogens is 318 g/mol. The molecule has 1 N–H and O–H groups in total. The van der Waals surface area contributed by atoms with Crippen molar-refractivity contribution < 1.29 is 19.4 Å². The van der Waals surface area contributed by atoms with E-state index in [0.717, 1.165) is 0 Å². The van der Waals surface area contributed by atoms with Crippen LogP contribution in [0.3, 0.4) is 0 Å². The zero-order chi connectivity index (χ0) is 18.4. The summed E-state index contributed by atoms with van der Waals surface area (Å²) in [5, 5.41) is 10.4. The Kier molecular flexibility index (Phi) is 5.93. The molecule has 0 amide bonds. The highest BCUT2D eigenvalue weighted by Crippen LogP contribution is 2.31. The number of hydrogen-bond donors (Lipinski definition) is 1. The van der Waals surface area contributed by atoms with E-state index >= 15 is 0 Å². The van der Waals surface area contributed by atoms with Crippen molar-refractivity contribution >= 4 is 11.8 Å². The van der Waals surface area contributed by atoms with Crippen molar-refractivity contribution in [2.75, 3.05) is 14.1 Å². The van der Waals surface area contributed by atoms with Crippen molar-refractivity contribution in [3.63, 3.8) is 0 Å². The van der Waals surface area contributed by atoms with E-state index in [1.54, 1.807) is 68.4 Å². The summed E-state index contributed by atoms with van der Waals surface area (Å²) in [4.78, 5) is 25.6. The van der Waals surface area contributed by atoms with Crippen molar-refractivity contribution in [2.24, 2.45) is 0 Å². The molecular formula is C20H23NO4. The summed E-state index contributed by atoms with van der Waals surface area (Å²) in [6, 6.07) is 8.91. The van der Waals surface area contributed by atoms with E-state index in [-0.39, 0.29) is 30.4 Å². The third kappa shape index (κ3) is 4.45. The lowest BCUT2D eigenvalue weighted by atomic mass is 9.95. The van der Waals surface area contributed by atoms with Crippen molar-refractivity contribution in [1.29, 1.82) is 0 Å². The van der Waals surface area contributed by atoms with Gasteiger partial charge in [0.25, 0.3) is 0 Å². The van der Waals surface area contributed by atoms with Gasteiger partial charge in [0.05, 0.1) is 6.42 Å². The zero-order valence-electron chi connectivity index (χ0n) is 14.7. The number of carbonyl (C=O) groups is 2. The predicted molar refractivity (Wildman–Crippen MR) is 96.1 cm³/mol. The van der Waals surface area contributed by atoms with Crippen LogP contribution in [0.2, 0.25) is 0 Å². The van der Waals surface area contributed by atoms with E-state index in [0.29, 0.717) is 11.1 Å². The Morgan fingerprint density at radius 3 is 2.52 bits per heavy atom. The highest BCUT2D eigenvalue weighted by Gasteiger charge is 2.37. The second-order valence-electron chi connectivity index (χ2n) is 6.04. The fourth-order valence-electron chi connectivity index (χ4n) is 2.47. The Labute approximate surface area is 147 Å². The smallest absolute Gasteiger partial charge is 0.307 e. The Hall–Kier alpha value is -2.66. The zero-order valence-corrected chi connectivity index (χ0v) is 14.7. The number of aliphatic hydroxyl groups is 1. The summed E-state index contributed by atoms with van der Waals surface area (Å²) in [6.45, 7) is 1.72. The quantitative estimate of drug-likeness (QED) is 0.372. The summed E-state index contributed by atoms with van der Waals surface area (Å²) in [7, 11) is 3.56. The summed E-state index contributed by atoms with van der Waals surface area (Å²) in [5.41, 5.74) is 0.0882. The van der Waals surface area contributed by atoms with Crippen LogP contribution in [-0.2, 0) is 9.53 Å². The molecule has 25 heavy (non-hydrogen) atoms. The van der Waals surface area contributed by atoms with Gasteiger partial charge >= 0.3 is 5.97 Å². The monoisotopic (exact) mass is 341 g/mol. The summed E-state index contributed by atoms with van der Waals surface area (Å²) in [6.07, 6.45) is 6.77. The van der Waals surface area contributed by atoms with Gasteiger partial charge < -0.3 is 9.84 Å². The maximum atomic E-state index is 12.1. The molecule has 0 bridgehead atoms. The van der Waals surface area contributed by atoms with Gasteiger partial charge in [0, 0.05) is 17.6 Å². The third-order valence-electron chi connectivity index (χ3n) is 4.09. The molecule has 132 valence electrons. The number of carbonyl (C=O) groups excluding carboxylic acids is 2. The number of rotatable bonds is 6. The van der Waals surface area contributed by atoms with Crippen LogP contribution in [0.25, 0.3) is 0 Å². The van der Waals surface area contributed by atoms with Gasteiger partial charge in [-0.2, -0.15) is 0 Å². The van der Waals surface area contributed by atoms with E-state index in [4.69, 9.17) is 4.74 Å². The lowest BCUT2D eigenvalue weighted by Crippen LogP contribution is -2.47. The Balaban J connectivity index is 2.17. The maximum absolute atomic E-state index is 12.1. The molecule has 1 aliphatic carbocycles. The van der Waals surface area contributed by atoms with E-state index in [1.807, 2.05) is 6.07 Å². The van der Waals surface area contributed by atoms with Gasteiger partial charge in [-0.1, -0.05) is 43.3 Å². The first-order chi connectivity index (χ1) is 11.9. The number of likely N-dealkylation sites (N-methyl/N-ethyl adjacent to an activating group) is 1. The van der Waals surface area contributed by atoms with Crippen molar-refractivity contribution in [2.45, 2.75) is 25.5 Å². The molecule has 1 aromatic rings. The van der Waals surface area contributed by atoms with Crippen molar-refractivity contribution in [1.82, 2.24) is 4.90 Å². The minimum Gasteiger partial charge on any atom is -0.511 e. The van der Waals surface area contributed by atoms with Crippen LogP contribution < -0.4 is 0 Å². The first kappa shape index (κ1) is 18.7. The fourth-order valence-corrected chi connectivity index (χ4v) is 2.47. The molecule has 0 saturated carbocycles. The lowest BCUT2D eigenvalue weighted by molar-refractivity contribution is -0.170. The normalized spacial score (nSPS) is 20.3. The molecule has 2 rings (SSSR count). The first-order valence-corrected chi connectivity index (χ1v) is 8.16. The minimum atomic E-state index is -1.02. The average molecular weight is 341 g/mol. The molecule has 0 aliphatic heterocycles. The van der Waals surface area contributed by atoms with Gasteiger partial charge in [-0.3, -0.25) is 14.5 Å². The summed E-state index contributed by atoms with van der Waals surface area (Å²) >= 11 is 0. The Bertz CT molecular complexity index is 731. The molecule has 1 unspecified atom stereocenters. The highest BCUT2D eigenvalue weighted by molar-refractivity contribution is 6.04. The topological polar surface area (TPSA) is 66.8 Å². The van der Waals surface area contributed by atoms with Gasteiger partial charge in [-0.15, -0.1) is 0 Å². The molecule has 0 aromatic heterocycles. The standard InChI is InChI=1S/C20H23NO4/c1-4-19(24)25-20(21(2)3)13-12-16(18(23)14-20)10-11-17(22)15-8-6-5-7-9-15/h5-13,23H,4,14H2,1-3H3. The number of ether oxygens (including phenoxy) is 1. The van der Waals surface area contributed by atoms with Crippen molar-refractivity contribution in [3.05, 3.63) is 71.5 Å². The minimum absolute atomic E-state index is 0.0669. The SMILES string of the molecule is CCC(=O)OC1(N(C)C)C=CC(C=CC(=O)c2ccccc2)=C(O)C1. The van der Waals surface area contributed by atoms with Crippen molar-refractivity contribution in [3.8, 4) is 0 Å². The molecule has 0 fully saturated rings. The number of nitrogens with zero attached hydrogens (tertiary/aromatic N) is 1. The van der Waals surface area contributed by atoms with Gasteiger partial charge in [0.1, 0.15) is 5.76 Å². The van der Waals surface area contributed by atoms with Gasteiger partial charge in [-0.05, 0) is 32.3 Å². The second kappa shape index (κ2) is 7.94. The Morgan fingerprint density at radius 1 is 1.28 bits per heavy atom. The number of esters is 1. The van der Waals surface area contributed by atoms with Crippen LogP contribution in [0, 0.1) is 0 Å². The van der Waals surface area contributed by atoms with Gasteiger partial charge in [0.2, 0.25) is 0 Å². The largest absolute Gasteiger partial charge is 0.511 e. The molecule has 1 aliphatic rings. The second-order valence-corrected chi connectivity index (χ2v) is 6.04. The van der Waals surface area contributed by atoms with Crippen LogP contribution >= 0.6 is 0 Å².